The maximum atomic E-state index is 13.1. The highest BCUT2D eigenvalue weighted by Gasteiger charge is 2.17. The Bertz CT molecular complexity index is 1110. The molecule has 3 aromatic rings. The van der Waals surface area contributed by atoms with Crippen LogP contribution in [0.5, 0.6) is 0 Å². The van der Waals surface area contributed by atoms with Crippen LogP contribution in [0.2, 0.25) is 5.02 Å². The first-order valence-electron chi connectivity index (χ1n) is 8.92. The molecule has 2 aromatic carbocycles. The number of H-pyrrole nitrogens is 1. The van der Waals surface area contributed by atoms with E-state index in [4.69, 9.17) is 21.8 Å². The summed E-state index contributed by atoms with van der Waals surface area (Å²) in [5.74, 6) is -5.39. The van der Waals surface area contributed by atoms with Crippen LogP contribution in [-0.2, 0) is 4.79 Å². The Kier molecular flexibility index (Phi) is 8.66. The molecule has 0 radical (unpaired) electrons. The second-order valence-electron chi connectivity index (χ2n) is 6.11. The van der Waals surface area contributed by atoms with Crippen molar-refractivity contribution in [2.75, 3.05) is 17.2 Å². The quantitative estimate of drug-likeness (QED) is 0.332. The lowest BCUT2D eigenvalue weighted by atomic mass is 10.2. The van der Waals surface area contributed by atoms with Crippen molar-refractivity contribution in [2.45, 2.75) is 6.42 Å². The summed E-state index contributed by atoms with van der Waals surface area (Å²) >= 11 is 5.63. The number of rotatable bonds is 7. The third-order valence-electron chi connectivity index (χ3n) is 3.75. The molecule has 1 heterocycles. The maximum absolute atomic E-state index is 13.1. The number of para-hydroxylation sites is 1. The maximum Gasteiger partial charge on any atom is 0.353 e. The first-order valence-corrected chi connectivity index (χ1v) is 9.30. The van der Waals surface area contributed by atoms with Gasteiger partial charge in [0.25, 0.3) is 5.91 Å². The Morgan fingerprint density at radius 2 is 1.69 bits per heavy atom. The van der Waals surface area contributed by atoms with Gasteiger partial charge in [-0.05, 0) is 24.3 Å². The molecular weight excluding hydrogens is 450 g/mol. The molecule has 168 valence electrons. The van der Waals surface area contributed by atoms with Crippen LogP contribution in [0.3, 0.4) is 0 Å². The minimum atomic E-state index is -1.26. The minimum absolute atomic E-state index is 0.0896. The summed E-state index contributed by atoms with van der Waals surface area (Å²) in [4.78, 5) is 32.6. The first-order chi connectivity index (χ1) is 15.2. The third-order valence-corrected chi connectivity index (χ3v) is 4.06. The number of nitrogens with one attached hydrogen (secondary N) is 3. The van der Waals surface area contributed by atoms with Gasteiger partial charge in [-0.1, -0.05) is 29.8 Å². The fraction of sp³-hybridized carbons (Fsp3) is 0.100. The molecule has 0 aliphatic heterocycles. The average Bonchev–Trinajstić information content (AvgIpc) is 3.20. The van der Waals surface area contributed by atoms with Gasteiger partial charge in [0, 0.05) is 18.3 Å². The van der Waals surface area contributed by atoms with Gasteiger partial charge >= 0.3 is 11.9 Å². The fourth-order valence-electron chi connectivity index (χ4n) is 2.25. The molecule has 12 heteroatoms. The van der Waals surface area contributed by atoms with Crippen molar-refractivity contribution in [3.63, 3.8) is 0 Å². The number of anilines is 2. The number of nitrogens with zero attached hydrogens (tertiary/aromatic N) is 1. The van der Waals surface area contributed by atoms with Crippen LogP contribution in [0, 0.1) is 11.6 Å². The molecule has 1 amide bonds. The van der Waals surface area contributed by atoms with Crippen LogP contribution < -0.4 is 10.6 Å². The van der Waals surface area contributed by atoms with Gasteiger partial charge in [-0.15, -0.1) is 0 Å². The first kappa shape index (κ1) is 24.3. The molecule has 0 saturated carbocycles. The van der Waals surface area contributed by atoms with Gasteiger partial charge in [0.05, 0.1) is 17.0 Å². The molecule has 3 rings (SSSR count). The summed E-state index contributed by atoms with van der Waals surface area (Å²) in [5.41, 5.74) is 0.417. The Morgan fingerprint density at radius 3 is 2.28 bits per heavy atom. The van der Waals surface area contributed by atoms with Gasteiger partial charge in [0.1, 0.15) is 5.69 Å². The lowest BCUT2D eigenvalue weighted by molar-refractivity contribution is -0.136. The number of carbonyl (C=O) groups excluding carboxylic acids is 1. The van der Waals surface area contributed by atoms with Crippen molar-refractivity contribution in [1.29, 1.82) is 0 Å². The number of aromatic amines is 1. The molecule has 32 heavy (non-hydrogen) atoms. The summed E-state index contributed by atoms with van der Waals surface area (Å²) < 4.78 is 25.9. The zero-order valence-electron chi connectivity index (χ0n) is 16.2. The van der Waals surface area contributed by atoms with Gasteiger partial charge in [0.2, 0.25) is 0 Å². The van der Waals surface area contributed by atoms with Crippen LogP contribution in [0.4, 0.5) is 20.3 Å². The normalized spacial score (nSPS) is 9.97. The fourth-order valence-corrected chi connectivity index (χ4v) is 2.48. The van der Waals surface area contributed by atoms with E-state index in [0.29, 0.717) is 18.7 Å². The Balaban J connectivity index is 0.000000258. The topological polar surface area (TPSA) is 144 Å². The summed E-state index contributed by atoms with van der Waals surface area (Å²) in [5, 5.41) is 27.6. The highest BCUT2D eigenvalue weighted by molar-refractivity contribution is 6.34. The smallest absolute Gasteiger partial charge is 0.353 e. The predicted molar refractivity (Wildman–Crippen MR) is 112 cm³/mol. The van der Waals surface area contributed by atoms with E-state index in [1.165, 1.54) is 0 Å². The molecule has 0 spiro atoms. The van der Waals surface area contributed by atoms with E-state index in [9.17, 15) is 23.2 Å². The summed E-state index contributed by atoms with van der Waals surface area (Å²) in [6, 6.07) is 11.9. The van der Waals surface area contributed by atoms with E-state index in [-0.39, 0.29) is 28.5 Å². The standard InChI is InChI=1S/C11H6ClF2N3O3.C9H11NO2/c12-5-2-7(14)6(13)1-4(5)10(18)15-9-3-8(11(19)20)16-17-9;11-9(12)6-7-10-8-4-2-1-3-5-8/h1-3H,(H,19,20)(H2,15,16,17,18);1-5,10H,6-7H2,(H,11,12). The number of hydrogen-bond acceptors (Lipinski definition) is 5. The van der Waals surface area contributed by atoms with Crippen LogP contribution in [0.1, 0.15) is 27.3 Å². The van der Waals surface area contributed by atoms with E-state index in [0.717, 1.165) is 11.8 Å². The number of hydrogen-bond donors (Lipinski definition) is 5. The number of carboxylic acid groups (broad SMARTS) is 2. The summed E-state index contributed by atoms with van der Waals surface area (Å²) in [7, 11) is 0. The molecule has 5 N–H and O–H groups in total. The second-order valence-corrected chi connectivity index (χ2v) is 6.52. The summed E-state index contributed by atoms with van der Waals surface area (Å²) in [6.45, 7) is 0.472. The van der Waals surface area contributed by atoms with Gasteiger partial charge in [-0.2, -0.15) is 5.10 Å². The van der Waals surface area contributed by atoms with Gasteiger partial charge in [0.15, 0.2) is 17.5 Å². The number of aromatic carboxylic acids is 1. The molecule has 0 fully saturated rings. The second kappa shape index (κ2) is 11.4. The Morgan fingerprint density at radius 1 is 1.03 bits per heavy atom. The lowest BCUT2D eigenvalue weighted by Crippen LogP contribution is -2.13. The van der Waals surface area contributed by atoms with Gasteiger partial charge in [-0.25, -0.2) is 13.6 Å². The van der Waals surface area contributed by atoms with Crippen LogP contribution in [0.25, 0.3) is 0 Å². The van der Waals surface area contributed by atoms with Crippen molar-refractivity contribution >= 4 is 41.0 Å². The molecule has 0 saturated heterocycles. The van der Waals surface area contributed by atoms with Crippen LogP contribution >= 0.6 is 11.6 Å². The molecule has 0 unspecified atom stereocenters. The van der Waals surface area contributed by atoms with E-state index in [1.54, 1.807) is 0 Å². The molecule has 1 aromatic heterocycles. The largest absolute Gasteiger partial charge is 0.481 e. The highest BCUT2D eigenvalue weighted by atomic mass is 35.5. The number of benzene rings is 2. The number of aromatic nitrogens is 2. The molecule has 0 aliphatic carbocycles. The molecule has 0 bridgehead atoms. The van der Waals surface area contributed by atoms with Crippen LogP contribution in [-0.4, -0.2) is 44.8 Å². The number of carbonyl (C=O) groups is 3. The van der Waals surface area contributed by atoms with Gasteiger partial charge < -0.3 is 20.8 Å². The van der Waals surface area contributed by atoms with Crippen molar-refractivity contribution in [2.24, 2.45) is 0 Å². The molecule has 0 atom stereocenters. The monoisotopic (exact) mass is 466 g/mol. The third kappa shape index (κ3) is 7.36. The zero-order valence-corrected chi connectivity index (χ0v) is 17.0. The molecular formula is C20H17ClF2N4O5. The highest BCUT2D eigenvalue weighted by Crippen LogP contribution is 2.21. The predicted octanol–water partition coefficient (Wildman–Crippen LogP) is 3.87. The Labute approximate surface area is 185 Å². The number of halogens is 3. The van der Waals surface area contributed by atoms with Crippen LogP contribution in [0.15, 0.2) is 48.5 Å². The number of amides is 1. The lowest BCUT2D eigenvalue weighted by Gasteiger charge is -2.04. The SMILES string of the molecule is O=C(O)CCNc1ccccc1.O=C(O)c1cc(NC(=O)c2cc(F)c(F)cc2Cl)n[nH]1. The molecule has 0 aliphatic rings. The Hall–Kier alpha value is -3.99. The van der Waals surface area contributed by atoms with Crippen molar-refractivity contribution < 1.29 is 33.4 Å². The van der Waals surface area contributed by atoms with Crippen molar-refractivity contribution in [1.82, 2.24) is 10.2 Å². The van der Waals surface area contributed by atoms with E-state index in [1.807, 2.05) is 30.3 Å². The van der Waals surface area contributed by atoms with E-state index >= 15 is 0 Å². The van der Waals surface area contributed by atoms with Gasteiger partial charge in [-0.3, -0.25) is 14.7 Å². The summed E-state index contributed by atoms with van der Waals surface area (Å²) in [6.07, 6.45) is 0.148. The zero-order chi connectivity index (χ0) is 23.7. The van der Waals surface area contributed by atoms with Crippen molar-refractivity contribution in [3.8, 4) is 0 Å². The average molecular weight is 467 g/mol. The number of aliphatic carboxylic acids is 1. The van der Waals surface area contributed by atoms with E-state index < -0.39 is 29.5 Å². The number of carboxylic acids is 2. The van der Waals surface area contributed by atoms with Crippen molar-refractivity contribution in [3.05, 3.63) is 76.4 Å². The molecule has 9 nitrogen and oxygen atoms in total. The van der Waals surface area contributed by atoms with E-state index in [2.05, 4.69) is 20.8 Å². The minimum Gasteiger partial charge on any atom is -0.481 e.